The zero-order valence-corrected chi connectivity index (χ0v) is 21.4. The van der Waals surface area contributed by atoms with Crippen molar-refractivity contribution in [1.29, 1.82) is 0 Å². The van der Waals surface area contributed by atoms with Crippen LogP contribution in [-0.2, 0) is 9.53 Å². The van der Waals surface area contributed by atoms with E-state index in [2.05, 4.69) is 35.7 Å². The molecule has 1 aliphatic carbocycles. The predicted octanol–water partition coefficient (Wildman–Crippen LogP) is 3.99. The zero-order valence-electron chi connectivity index (χ0n) is 21.4. The molecule has 0 atom stereocenters. The molecule has 3 heterocycles. The minimum atomic E-state index is 0.134. The van der Waals surface area contributed by atoms with Crippen molar-refractivity contribution in [2.75, 3.05) is 56.1 Å². The monoisotopic (exact) mass is 517 g/mol. The number of hydrogen-bond acceptors (Lipinski definition) is 9. The second kappa shape index (κ2) is 11.8. The molecular formula is C27H31N7O4. The third-order valence-corrected chi connectivity index (χ3v) is 6.27. The van der Waals surface area contributed by atoms with Crippen LogP contribution in [0.5, 0.6) is 11.5 Å². The first kappa shape index (κ1) is 25.3. The van der Waals surface area contributed by atoms with Gasteiger partial charge in [0.1, 0.15) is 5.75 Å². The van der Waals surface area contributed by atoms with Gasteiger partial charge in [-0.3, -0.25) is 9.89 Å². The number of carbonyl (C=O) groups is 1. The number of methoxy groups -OCH3 is 2. The first-order valence-corrected chi connectivity index (χ1v) is 12.5. The van der Waals surface area contributed by atoms with Crippen molar-refractivity contribution in [2.45, 2.75) is 12.8 Å². The number of ether oxygens (including phenoxy) is 3. The van der Waals surface area contributed by atoms with Gasteiger partial charge in [-0.2, -0.15) is 10.1 Å². The number of nitrogens with zero attached hydrogens (tertiary/aromatic N) is 4. The van der Waals surface area contributed by atoms with Gasteiger partial charge in [-0.15, -0.1) is 0 Å². The van der Waals surface area contributed by atoms with Crippen molar-refractivity contribution in [3.63, 3.8) is 0 Å². The van der Waals surface area contributed by atoms with Gasteiger partial charge < -0.3 is 29.7 Å². The van der Waals surface area contributed by atoms with Gasteiger partial charge in [0.25, 0.3) is 0 Å². The second-order valence-electron chi connectivity index (χ2n) is 8.92. The molecule has 11 nitrogen and oxygen atoms in total. The topological polar surface area (TPSA) is 127 Å². The highest BCUT2D eigenvalue weighted by Gasteiger charge is 2.29. The molecule has 198 valence electrons. The van der Waals surface area contributed by atoms with E-state index in [0.717, 1.165) is 48.3 Å². The summed E-state index contributed by atoms with van der Waals surface area (Å²) in [4.78, 5) is 22.5. The highest BCUT2D eigenvalue weighted by atomic mass is 16.5. The van der Waals surface area contributed by atoms with Gasteiger partial charge in [0.2, 0.25) is 11.9 Å². The Morgan fingerprint density at radius 2 is 1.79 bits per heavy atom. The molecule has 2 aromatic heterocycles. The SMILES string of the molecule is COc1ccc(NC(=O)C2CC2)cc1.COc1cnc(N2CCOCC2)nc1Nc1n[nH]c2ccccc12. The summed E-state index contributed by atoms with van der Waals surface area (Å²) in [6.07, 6.45) is 3.74. The van der Waals surface area contributed by atoms with Gasteiger partial charge in [0.15, 0.2) is 17.4 Å². The van der Waals surface area contributed by atoms with Crippen LogP contribution in [0.25, 0.3) is 10.9 Å². The smallest absolute Gasteiger partial charge is 0.227 e. The average molecular weight is 518 g/mol. The van der Waals surface area contributed by atoms with Crippen LogP contribution < -0.4 is 25.0 Å². The summed E-state index contributed by atoms with van der Waals surface area (Å²) in [5, 5.41) is 14.4. The van der Waals surface area contributed by atoms with Crippen LogP contribution in [0.4, 0.5) is 23.3 Å². The number of aromatic nitrogens is 4. The van der Waals surface area contributed by atoms with E-state index in [9.17, 15) is 4.79 Å². The molecule has 2 aliphatic rings. The first-order chi connectivity index (χ1) is 18.6. The van der Waals surface area contributed by atoms with Crippen LogP contribution in [0, 0.1) is 5.92 Å². The average Bonchev–Trinajstić information content (AvgIpc) is 3.76. The van der Waals surface area contributed by atoms with Gasteiger partial charge in [-0.25, -0.2) is 4.98 Å². The Labute approximate surface area is 220 Å². The third-order valence-electron chi connectivity index (χ3n) is 6.27. The maximum Gasteiger partial charge on any atom is 0.227 e. The normalized spacial score (nSPS) is 14.8. The lowest BCUT2D eigenvalue weighted by Crippen LogP contribution is -2.37. The van der Waals surface area contributed by atoms with Gasteiger partial charge >= 0.3 is 0 Å². The van der Waals surface area contributed by atoms with E-state index in [0.29, 0.717) is 36.5 Å². The molecule has 0 radical (unpaired) electrons. The molecule has 1 saturated heterocycles. The summed E-state index contributed by atoms with van der Waals surface area (Å²) >= 11 is 0. The van der Waals surface area contributed by atoms with Crippen LogP contribution in [0.2, 0.25) is 0 Å². The zero-order chi connectivity index (χ0) is 26.3. The number of anilines is 4. The second-order valence-corrected chi connectivity index (χ2v) is 8.92. The Kier molecular flexibility index (Phi) is 7.84. The third kappa shape index (κ3) is 6.12. The molecule has 1 saturated carbocycles. The fraction of sp³-hybridized carbons (Fsp3) is 0.333. The lowest BCUT2D eigenvalue weighted by atomic mass is 10.2. The lowest BCUT2D eigenvalue weighted by molar-refractivity contribution is -0.117. The number of morpholine rings is 1. The van der Waals surface area contributed by atoms with Crippen molar-refractivity contribution in [2.24, 2.45) is 5.92 Å². The van der Waals surface area contributed by atoms with E-state index in [1.54, 1.807) is 20.4 Å². The van der Waals surface area contributed by atoms with Crippen LogP contribution in [0.15, 0.2) is 54.7 Å². The van der Waals surface area contributed by atoms with E-state index >= 15 is 0 Å². The maximum absolute atomic E-state index is 11.4. The van der Waals surface area contributed by atoms with E-state index in [1.165, 1.54) is 0 Å². The molecule has 6 rings (SSSR count). The Morgan fingerprint density at radius 3 is 2.50 bits per heavy atom. The number of benzene rings is 2. The van der Waals surface area contributed by atoms with E-state index in [1.807, 2.05) is 48.5 Å². The van der Waals surface area contributed by atoms with E-state index in [4.69, 9.17) is 14.2 Å². The van der Waals surface area contributed by atoms with Crippen molar-refractivity contribution in [3.8, 4) is 11.5 Å². The Morgan fingerprint density at radius 1 is 1.03 bits per heavy atom. The van der Waals surface area contributed by atoms with Crippen LogP contribution in [-0.4, -0.2) is 66.6 Å². The molecule has 3 N–H and O–H groups in total. The van der Waals surface area contributed by atoms with Crippen molar-refractivity contribution in [3.05, 3.63) is 54.7 Å². The molecule has 0 unspecified atom stereocenters. The highest BCUT2D eigenvalue weighted by molar-refractivity contribution is 5.94. The number of amides is 1. The van der Waals surface area contributed by atoms with Crippen LogP contribution >= 0.6 is 0 Å². The quantitative estimate of drug-likeness (QED) is 0.334. The van der Waals surface area contributed by atoms with Crippen molar-refractivity contribution < 1.29 is 19.0 Å². The van der Waals surface area contributed by atoms with E-state index in [-0.39, 0.29) is 11.8 Å². The summed E-state index contributed by atoms with van der Waals surface area (Å²) in [5.41, 5.74) is 1.80. The fourth-order valence-electron chi connectivity index (χ4n) is 3.95. The summed E-state index contributed by atoms with van der Waals surface area (Å²) in [6, 6.07) is 15.3. The molecule has 1 aliphatic heterocycles. The predicted molar refractivity (Wildman–Crippen MR) is 145 cm³/mol. The molecule has 0 bridgehead atoms. The standard InChI is InChI=1S/C16H18N6O2.C11H13NO2/c1-23-13-10-17-16(22-6-8-24-9-7-22)19-15(13)18-14-11-4-2-3-5-12(11)20-21-14;1-14-10-6-4-9(5-7-10)12-11(13)8-2-3-8/h2-5,10H,6-9H2,1H3,(H2,17,18,19,20,21);4-8H,2-3H2,1H3,(H,12,13). The van der Waals surface area contributed by atoms with Gasteiger partial charge in [-0.05, 0) is 49.2 Å². The van der Waals surface area contributed by atoms with Gasteiger partial charge in [0.05, 0.1) is 39.1 Å². The summed E-state index contributed by atoms with van der Waals surface area (Å²) in [6.45, 7) is 2.92. The number of H-pyrrole nitrogens is 1. The number of aromatic amines is 1. The largest absolute Gasteiger partial charge is 0.497 e. The highest BCUT2D eigenvalue weighted by Crippen LogP contribution is 2.31. The molecule has 2 fully saturated rings. The molecule has 11 heteroatoms. The maximum atomic E-state index is 11.4. The van der Waals surface area contributed by atoms with E-state index < -0.39 is 0 Å². The minimum Gasteiger partial charge on any atom is -0.497 e. The Balaban J connectivity index is 0.000000179. The number of hydrogen-bond donors (Lipinski definition) is 3. The fourth-order valence-corrected chi connectivity index (χ4v) is 3.95. The van der Waals surface area contributed by atoms with Crippen LogP contribution in [0.3, 0.4) is 0 Å². The molecule has 1 amide bonds. The number of fused-ring (bicyclic) bond motifs is 1. The Bertz CT molecular complexity index is 1370. The minimum absolute atomic E-state index is 0.134. The van der Waals surface area contributed by atoms with Gasteiger partial charge in [-0.1, -0.05) is 12.1 Å². The molecule has 4 aromatic rings. The molecule has 38 heavy (non-hydrogen) atoms. The number of carbonyl (C=O) groups excluding carboxylic acids is 1. The Hall–Kier alpha value is -4.38. The van der Waals surface area contributed by atoms with Crippen molar-refractivity contribution >= 4 is 40.1 Å². The summed E-state index contributed by atoms with van der Waals surface area (Å²) in [5.74, 6) is 3.70. The number of nitrogens with one attached hydrogen (secondary N) is 3. The molecule has 2 aromatic carbocycles. The van der Waals surface area contributed by atoms with Gasteiger partial charge in [0, 0.05) is 30.1 Å². The summed E-state index contributed by atoms with van der Waals surface area (Å²) in [7, 11) is 3.22. The van der Waals surface area contributed by atoms with Crippen molar-refractivity contribution in [1.82, 2.24) is 20.2 Å². The molecule has 0 spiro atoms. The first-order valence-electron chi connectivity index (χ1n) is 12.5. The number of rotatable bonds is 7. The summed E-state index contributed by atoms with van der Waals surface area (Å²) < 4.78 is 15.8. The lowest BCUT2D eigenvalue weighted by Gasteiger charge is -2.27. The molecular weight excluding hydrogens is 486 g/mol. The van der Waals surface area contributed by atoms with Crippen LogP contribution in [0.1, 0.15) is 12.8 Å². The number of para-hydroxylation sites is 1.